The summed E-state index contributed by atoms with van der Waals surface area (Å²) in [4.78, 5) is 45.5. The number of pyridine rings is 1. The van der Waals surface area contributed by atoms with Gasteiger partial charge in [-0.1, -0.05) is 65.7 Å². The number of carbonyl (C=O) groups excluding carboxylic acids is 2. The molecule has 1 amide bonds. The number of aryl methyl sites for hydroxylation is 5. The minimum atomic E-state index is -0.524. The van der Waals surface area contributed by atoms with Crippen LogP contribution in [0.4, 0.5) is 5.69 Å². The van der Waals surface area contributed by atoms with Crippen molar-refractivity contribution in [1.82, 2.24) is 24.1 Å². The molecule has 5 heterocycles. The maximum Gasteiger partial charge on any atom is 0.354 e. The lowest BCUT2D eigenvalue weighted by molar-refractivity contribution is 0.0589. The first kappa shape index (κ1) is 46.4. The number of esters is 1. The predicted octanol–water partition coefficient (Wildman–Crippen LogP) is 11.8. The number of amides is 1. The van der Waals surface area contributed by atoms with E-state index in [-0.39, 0.29) is 25.1 Å². The van der Waals surface area contributed by atoms with Crippen LogP contribution in [-0.4, -0.2) is 63.3 Å². The maximum absolute atomic E-state index is 15.7. The normalized spacial score (nSPS) is 13.6. The van der Waals surface area contributed by atoms with Gasteiger partial charge in [0.2, 0.25) is 0 Å². The van der Waals surface area contributed by atoms with E-state index >= 15 is 4.79 Å². The molecule has 0 unspecified atom stereocenters. The summed E-state index contributed by atoms with van der Waals surface area (Å²) in [5.74, 6) is 1.13. The van der Waals surface area contributed by atoms with Crippen LogP contribution in [0.5, 0.6) is 11.5 Å². The molecule has 12 nitrogen and oxygen atoms in total. The number of ether oxygens (including phenoxy) is 4. The van der Waals surface area contributed by atoms with E-state index in [9.17, 15) is 4.79 Å². The van der Waals surface area contributed by atoms with Gasteiger partial charge in [0.05, 0.1) is 61.4 Å². The average molecular weight is 952 g/mol. The Morgan fingerprint density at radius 2 is 1.56 bits per heavy atom. The summed E-state index contributed by atoms with van der Waals surface area (Å²) in [6, 6.07) is 28.7. The number of benzene rings is 4. The highest BCUT2D eigenvalue weighted by molar-refractivity contribution is 6.35. The summed E-state index contributed by atoms with van der Waals surface area (Å²) in [6.07, 6.45) is 2.84. The van der Waals surface area contributed by atoms with Crippen LogP contribution in [0.15, 0.2) is 97.2 Å². The fourth-order valence-corrected chi connectivity index (χ4v) is 10.0. The molecular weight excluding hydrogens is 900 g/mol. The van der Waals surface area contributed by atoms with Crippen LogP contribution in [0.3, 0.4) is 0 Å². The number of hydrogen-bond acceptors (Lipinski definition) is 9. The van der Waals surface area contributed by atoms with Crippen LogP contribution in [0.1, 0.15) is 85.5 Å². The number of aromatic nitrogens is 5. The van der Waals surface area contributed by atoms with Crippen LogP contribution >= 0.6 is 23.2 Å². The van der Waals surface area contributed by atoms with Gasteiger partial charge in [-0.25, -0.2) is 14.8 Å². The van der Waals surface area contributed by atoms with Crippen molar-refractivity contribution in [2.24, 2.45) is 0 Å². The molecule has 1 aliphatic rings. The van der Waals surface area contributed by atoms with E-state index in [1.54, 1.807) is 19.4 Å². The number of halogens is 2. The summed E-state index contributed by atoms with van der Waals surface area (Å²) in [6.45, 7) is 11.6. The molecule has 348 valence electrons. The quantitative estimate of drug-likeness (QED) is 0.0730. The van der Waals surface area contributed by atoms with Gasteiger partial charge < -0.3 is 33.0 Å². The fraction of sp³-hybridized carbons (Fsp3) is 0.278. The number of anilines is 1. The lowest BCUT2D eigenvalue weighted by atomic mass is 9.97. The first-order valence-corrected chi connectivity index (χ1v) is 23.3. The molecule has 0 N–H and O–H groups in total. The van der Waals surface area contributed by atoms with Crippen LogP contribution in [0.25, 0.3) is 32.9 Å². The van der Waals surface area contributed by atoms with E-state index in [1.165, 1.54) is 7.11 Å². The molecule has 4 aromatic heterocycles. The number of carbonyl (C=O) groups is 2. The van der Waals surface area contributed by atoms with Gasteiger partial charge >= 0.3 is 5.97 Å². The van der Waals surface area contributed by atoms with Crippen molar-refractivity contribution in [2.75, 3.05) is 32.3 Å². The van der Waals surface area contributed by atoms with Crippen LogP contribution < -0.4 is 14.4 Å². The summed E-state index contributed by atoms with van der Waals surface area (Å²) in [5.41, 5.74) is 10.5. The molecule has 8 aromatic rings. The van der Waals surface area contributed by atoms with Crippen molar-refractivity contribution in [2.45, 2.75) is 73.3 Å². The van der Waals surface area contributed by atoms with Gasteiger partial charge in [-0.15, -0.1) is 0 Å². The van der Waals surface area contributed by atoms with E-state index in [0.717, 1.165) is 72.1 Å². The first-order valence-electron chi connectivity index (χ1n) is 22.6. The molecule has 0 spiro atoms. The molecule has 0 saturated carbocycles. The van der Waals surface area contributed by atoms with Gasteiger partial charge in [0.1, 0.15) is 29.5 Å². The second kappa shape index (κ2) is 19.5. The number of nitrogens with zero attached hydrogens (tertiary/aromatic N) is 6. The maximum atomic E-state index is 15.7. The molecular formula is C54H52Cl2N6O6. The Hall–Kier alpha value is -6.73. The molecule has 4 aromatic carbocycles. The van der Waals surface area contributed by atoms with Crippen LogP contribution in [-0.2, 0) is 35.7 Å². The third kappa shape index (κ3) is 8.68. The molecule has 0 bridgehead atoms. The lowest BCUT2D eigenvalue weighted by Gasteiger charge is -2.35. The Kier molecular flexibility index (Phi) is 13.3. The molecule has 1 aliphatic heterocycles. The Morgan fingerprint density at radius 3 is 2.25 bits per heavy atom. The van der Waals surface area contributed by atoms with E-state index in [1.807, 2.05) is 122 Å². The smallest absolute Gasteiger partial charge is 0.354 e. The Bertz CT molecular complexity index is 3180. The Balaban J connectivity index is 1.17. The van der Waals surface area contributed by atoms with E-state index in [0.29, 0.717) is 77.2 Å². The van der Waals surface area contributed by atoms with Gasteiger partial charge in [-0.2, -0.15) is 0 Å². The van der Waals surface area contributed by atoms with E-state index < -0.39 is 5.97 Å². The van der Waals surface area contributed by atoms with E-state index in [2.05, 4.69) is 16.5 Å². The van der Waals surface area contributed by atoms with Gasteiger partial charge in [0.25, 0.3) is 5.91 Å². The fourth-order valence-electron chi connectivity index (χ4n) is 9.67. The highest BCUT2D eigenvalue weighted by Crippen LogP contribution is 2.46. The zero-order valence-corrected chi connectivity index (χ0v) is 40.7. The number of fused-ring (bicyclic) bond motifs is 4. The number of hydrogen-bond donors (Lipinski definition) is 0. The largest absolute Gasteiger partial charge is 0.496 e. The highest BCUT2D eigenvalue weighted by Gasteiger charge is 2.38. The summed E-state index contributed by atoms with van der Waals surface area (Å²) in [7, 11) is 2.94. The summed E-state index contributed by atoms with van der Waals surface area (Å²) < 4.78 is 27.5. The van der Waals surface area contributed by atoms with Crippen molar-refractivity contribution >= 4 is 62.6 Å². The Morgan fingerprint density at radius 1 is 0.824 bits per heavy atom. The van der Waals surface area contributed by atoms with Crippen LogP contribution in [0, 0.1) is 27.7 Å². The van der Waals surface area contributed by atoms with Gasteiger partial charge in [0, 0.05) is 57.1 Å². The third-order valence-corrected chi connectivity index (χ3v) is 13.6. The molecule has 0 aliphatic carbocycles. The van der Waals surface area contributed by atoms with Gasteiger partial charge in [-0.3, -0.25) is 9.78 Å². The monoisotopic (exact) mass is 950 g/mol. The van der Waals surface area contributed by atoms with Gasteiger partial charge in [-0.05, 0) is 118 Å². The van der Waals surface area contributed by atoms with Crippen molar-refractivity contribution in [3.8, 4) is 22.6 Å². The second-order valence-electron chi connectivity index (χ2n) is 17.2. The SMILES string of the molecule is COC(=O)c1cc2c(OC)ccc(N3C[C@@H](C)n4c(c(CCCOc5cc(C)c(Cl)c(C)c5)c5ccc(Cl)c(-c6c(C)nc(COCc7ccccc7)nc6C)c54)C3=O)c2n1Cc1ccccn1. The average Bonchev–Trinajstić information content (AvgIpc) is 3.88. The minimum Gasteiger partial charge on any atom is -0.496 e. The molecule has 1 atom stereocenters. The summed E-state index contributed by atoms with van der Waals surface area (Å²) in [5, 5.41) is 2.80. The topological polar surface area (TPSA) is 123 Å². The third-order valence-electron chi connectivity index (χ3n) is 12.7. The molecule has 0 radical (unpaired) electrons. The zero-order valence-electron chi connectivity index (χ0n) is 39.2. The summed E-state index contributed by atoms with van der Waals surface area (Å²) >= 11 is 13.8. The van der Waals surface area contributed by atoms with Gasteiger partial charge in [0.15, 0.2) is 5.82 Å². The van der Waals surface area contributed by atoms with Crippen molar-refractivity contribution < 1.29 is 28.5 Å². The van der Waals surface area contributed by atoms with Crippen molar-refractivity contribution in [3.05, 3.63) is 164 Å². The molecule has 68 heavy (non-hydrogen) atoms. The number of rotatable bonds is 15. The molecule has 9 rings (SSSR count). The Labute approximate surface area is 405 Å². The minimum absolute atomic E-state index is 0.200. The van der Waals surface area contributed by atoms with Crippen LogP contribution in [0.2, 0.25) is 10.0 Å². The standard InChI is InChI=1S/C54H52Cl2N6O6/c1-31-24-38(25-32(2)49(31)56)68-23-13-17-39-40-18-19-42(55)48(47-34(4)58-46(59-35(47)5)30-67-29-36-14-9-8-10-15-36)51(40)62-33(3)27-61(53(63)52(39)62)43-20-21-45(65-6)41-26-44(54(64)66-7)60(50(41)43)28-37-16-11-12-22-57-37/h8-12,14-16,18-22,24-26,33H,13,17,23,27-30H2,1-7H3/t33-/m1/s1. The highest BCUT2D eigenvalue weighted by atomic mass is 35.5. The second-order valence-corrected chi connectivity index (χ2v) is 18.0. The molecule has 0 saturated heterocycles. The zero-order chi connectivity index (χ0) is 47.8. The predicted molar refractivity (Wildman–Crippen MR) is 267 cm³/mol. The van der Waals surface area contributed by atoms with Crippen molar-refractivity contribution in [1.29, 1.82) is 0 Å². The van der Waals surface area contributed by atoms with Crippen molar-refractivity contribution in [3.63, 3.8) is 0 Å². The molecule has 14 heteroatoms. The first-order chi connectivity index (χ1) is 32.9. The van der Waals surface area contributed by atoms with E-state index in [4.69, 9.17) is 52.1 Å². The lowest BCUT2D eigenvalue weighted by Crippen LogP contribution is -2.43. The molecule has 0 fully saturated rings. The number of methoxy groups -OCH3 is 2.